The van der Waals surface area contributed by atoms with E-state index in [9.17, 15) is 8.78 Å². The zero-order valence-electron chi connectivity index (χ0n) is 8.92. The molecular formula is C9H19F2N3O. The number of nitrogens with two attached hydrogens (primary N) is 1. The number of hydrogen-bond donors (Lipinski definition) is 3. The summed E-state index contributed by atoms with van der Waals surface area (Å²) in [5, 5.41) is 15.9. The van der Waals surface area contributed by atoms with Crippen molar-refractivity contribution in [1.82, 2.24) is 4.90 Å². The van der Waals surface area contributed by atoms with Gasteiger partial charge >= 0.3 is 0 Å². The van der Waals surface area contributed by atoms with Crippen molar-refractivity contribution in [3.8, 4) is 0 Å². The summed E-state index contributed by atoms with van der Waals surface area (Å²) in [4.78, 5) is 1.48. The Morgan fingerprint density at radius 1 is 1.53 bits per heavy atom. The van der Waals surface area contributed by atoms with Gasteiger partial charge < -0.3 is 10.8 Å². The molecule has 0 rings (SSSR count). The molecule has 0 heterocycles. The summed E-state index contributed by atoms with van der Waals surface area (Å²) in [6.07, 6.45) is -1.53. The third kappa shape index (κ3) is 6.35. The Balaban J connectivity index is 4.32. The zero-order chi connectivity index (χ0) is 11.8. The highest BCUT2D eigenvalue weighted by molar-refractivity contribution is 5.77. The van der Waals surface area contributed by atoms with Crippen LogP contribution in [0.3, 0.4) is 0 Å². The minimum Gasteiger partial charge on any atom is -0.395 e. The molecule has 0 aromatic carbocycles. The summed E-state index contributed by atoms with van der Waals surface area (Å²) in [6, 6.07) is -0.191. The smallest absolute Gasteiger partial charge is 0.251 e. The van der Waals surface area contributed by atoms with E-state index in [0.29, 0.717) is 6.42 Å². The molecule has 4 nitrogen and oxygen atoms in total. The Hall–Kier alpha value is -0.750. The average molecular weight is 223 g/mol. The van der Waals surface area contributed by atoms with Crippen LogP contribution >= 0.6 is 0 Å². The molecule has 0 saturated heterocycles. The first-order valence-electron chi connectivity index (χ1n) is 4.97. The molecule has 0 bridgehead atoms. The number of halogens is 2. The minimum atomic E-state index is -2.43. The maximum Gasteiger partial charge on any atom is 0.251 e. The van der Waals surface area contributed by atoms with E-state index in [1.165, 1.54) is 4.90 Å². The van der Waals surface area contributed by atoms with Gasteiger partial charge in [0.25, 0.3) is 6.43 Å². The van der Waals surface area contributed by atoms with Crippen LogP contribution < -0.4 is 5.73 Å². The third-order valence-corrected chi connectivity index (χ3v) is 2.20. The number of aliphatic hydroxyl groups excluding tert-OH is 1. The number of rotatable bonds is 8. The first kappa shape index (κ1) is 14.2. The molecule has 6 heteroatoms. The molecule has 1 unspecified atom stereocenters. The highest BCUT2D eigenvalue weighted by atomic mass is 19.3. The molecule has 15 heavy (non-hydrogen) atoms. The van der Waals surface area contributed by atoms with Crippen LogP contribution in [-0.4, -0.2) is 48.0 Å². The zero-order valence-corrected chi connectivity index (χ0v) is 8.92. The second kappa shape index (κ2) is 7.53. The van der Waals surface area contributed by atoms with Gasteiger partial charge in [-0.3, -0.25) is 10.3 Å². The fraction of sp³-hybridized carbons (Fsp3) is 0.889. The number of nitrogens with zero attached hydrogens (tertiary/aromatic N) is 1. The molecule has 0 radical (unpaired) electrons. The molecule has 1 atom stereocenters. The largest absolute Gasteiger partial charge is 0.395 e. The lowest BCUT2D eigenvalue weighted by Gasteiger charge is -2.29. The van der Waals surface area contributed by atoms with E-state index < -0.39 is 6.43 Å². The molecule has 0 fully saturated rings. The van der Waals surface area contributed by atoms with E-state index in [-0.39, 0.29) is 38.0 Å². The van der Waals surface area contributed by atoms with E-state index in [1.807, 2.05) is 6.92 Å². The van der Waals surface area contributed by atoms with E-state index >= 15 is 0 Å². The third-order valence-electron chi connectivity index (χ3n) is 2.20. The van der Waals surface area contributed by atoms with E-state index in [0.717, 1.165) is 0 Å². The highest BCUT2D eigenvalue weighted by Crippen LogP contribution is 2.10. The van der Waals surface area contributed by atoms with Crippen molar-refractivity contribution in [2.24, 2.45) is 5.73 Å². The Bertz CT molecular complexity index is 190. The molecule has 0 aromatic rings. The molecule has 4 N–H and O–H groups in total. The van der Waals surface area contributed by atoms with E-state index in [2.05, 4.69) is 0 Å². The first-order valence-corrected chi connectivity index (χ1v) is 4.97. The number of aliphatic hydroxyl groups is 1. The van der Waals surface area contributed by atoms with E-state index in [1.54, 1.807) is 0 Å². The summed E-state index contributed by atoms with van der Waals surface area (Å²) < 4.78 is 24.5. The molecule has 0 aliphatic carbocycles. The van der Waals surface area contributed by atoms with Crippen molar-refractivity contribution in [2.45, 2.75) is 32.2 Å². The van der Waals surface area contributed by atoms with Gasteiger partial charge in [-0.1, -0.05) is 6.92 Å². The summed E-state index contributed by atoms with van der Waals surface area (Å²) in [6.45, 7) is 1.49. The molecule has 0 aromatic heterocycles. The summed E-state index contributed by atoms with van der Waals surface area (Å²) in [5.74, 6) is -0.0148. The second-order valence-electron chi connectivity index (χ2n) is 3.40. The maximum atomic E-state index is 12.2. The number of hydrogen-bond acceptors (Lipinski definition) is 3. The van der Waals surface area contributed by atoms with Crippen LogP contribution in [0.5, 0.6) is 0 Å². The SMILES string of the molecule is CCC(CC(=N)N)N(CCO)CC(F)F. The number of alkyl halides is 2. The average Bonchev–Trinajstić information content (AvgIpc) is 2.12. The predicted molar refractivity (Wildman–Crippen MR) is 55.3 cm³/mol. The lowest BCUT2D eigenvalue weighted by atomic mass is 10.1. The van der Waals surface area contributed by atoms with Gasteiger partial charge in [-0.25, -0.2) is 8.78 Å². The van der Waals surface area contributed by atoms with Gasteiger partial charge in [0.1, 0.15) is 0 Å². The highest BCUT2D eigenvalue weighted by Gasteiger charge is 2.20. The van der Waals surface area contributed by atoms with Crippen molar-refractivity contribution in [3.05, 3.63) is 0 Å². The Morgan fingerprint density at radius 2 is 2.13 bits per heavy atom. The monoisotopic (exact) mass is 223 g/mol. The standard InChI is InChI=1S/C9H19F2N3O/c1-2-7(5-9(12)13)14(3-4-15)6-8(10)11/h7-8,15H,2-6H2,1H3,(H3,12,13). The van der Waals surface area contributed by atoms with E-state index in [4.69, 9.17) is 16.2 Å². The predicted octanol–water partition coefficient (Wildman–Crippen LogP) is 0.650. The number of nitrogens with one attached hydrogen (secondary N) is 1. The fourth-order valence-corrected chi connectivity index (χ4v) is 1.51. The molecular weight excluding hydrogens is 204 g/mol. The number of amidine groups is 1. The molecule has 0 aliphatic heterocycles. The topological polar surface area (TPSA) is 73.3 Å². The van der Waals surface area contributed by atoms with Crippen LogP contribution in [0, 0.1) is 5.41 Å². The van der Waals surface area contributed by atoms with Gasteiger partial charge in [0, 0.05) is 19.0 Å². The van der Waals surface area contributed by atoms with Gasteiger partial charge in [-0.2, -0.15) is 0 Å². The molecule has 0 amide bonds. The van der Waals surface area contributed by atoms with Gasteiger partial charge in [0.2, 0.25) is 0 Å². The lowest BCUT2D eigenvalue weighted by molar-refractivity contribution is 0.0550. The molecule has 0 spiro atoms. The Kier molecular flexibility index (Phi) is 7.15. The van der Waals surface area contributed by atoms with Gasteiger partial charge in [0.15, 0.2) is 0 Å². The fourth-order valence-electron chi connectivity index (χ4n) is 1.51. The van der Waals surface area contributed by atoms with Crippen LogP contribution in [0.4, 0.5) is 8.78 Å². The summed E-state index contributed by atoms with van der Waals surface area (Å²) in [7, 11) is 0. The van der Waals surface area contributed by atoms with Crippen molar-refractivity contribution < 1.29 is 13.9 Å². The van der Waals surface area contributed by atoms with Crippen LogP contribution in [0.25, 0.3) is 0 Å². The van der Waals surface area contributed by atoms with Gasteiger partial charge in [0.05, 0.1) is 19.0 Å². The van der Waals surface area contributed by atoms with Crippen molar-refractivity contribution in [3.63, 3.8) is 0 Å². The Morgan fingerprint density at radius 3 is 2.47 bits per heavy atom. The van der Waals surface area contributed by atoms with Crippen molar-refractivity contribution in [1.29, 1.82) is 5.41 Å². The second-order valence-corrected chi connectivity index (χ2v) is 3.40. The normalized spacial score (nSPS) is 13.5. The van der Waals surface area contributed by atoms with Gasteiger partial charge in [-0.05, 0) is 6.42 Å². The van der Waals surface area contributed by atoms with Gasteiger partial charge in [-0.15, -0.1) is 0 Å². The summed E-state index contributed by atoms with van der Waals surface area (Å²) in [5.41, 5.74) is 5.24. The van der Waals surface area contributed by atoms with Crippen LogP contribution in [0.15, 0.2) is 0 Å². The van der Waals surface area contributed by atoms with Crippen LogP contribution in [0.1, 0.15) is 19.8 Å². The quantitative estimate of drug-likeness (QED) is 0.418. The van der Waals surface area contributed by atoms with Crippen molar-refractivity contribution in [2.75, 3.05) is 19.7 Å². The molecule has 0 saturated carbocycles. The first-order chi connectivity index (χ1) is 7.01. The lowest BCUT2D eigenvalue weighted by Crippen LogP contribution is -2.42. The minimum absolute atomic E-state index is 0.0148. The van der Waals surface area contributed by atoms with Crippen LogP contribution in [-0.2, 0) is 0 Å². The molecule has 90 valence electrons. The molecule has 0 aliphatic rings. The maximum absolute atomic E-state index is 12.2. The summed E-state index contributed by atoms with van der Waals surface area (Å²) >= 11 is 0. The van der Waals surface area contributed by atoms with Crippen LogP contribution in [0.2, 0.25) is 0 Å². The van der Waals surface area contributed by atoms with Crippen molar-refractivity contribution >= 4 is 5.84 Å². The Labute approximate surface area is 88.6 Å².